The van der Waals surface area contributed by atoms with Crippen LogP contribution in [0.4, 0.5) is 0 Å². The summed E-state index contributed by atoms with van der Waals surface area (Å²) in [5.41, 5.74) is 2.99. The number of nitrogens with zero attached hydrogens (tertiary/aromatic N) is 3. The Morgan fingerprint density at radius 1 is 0.935 bits per heavy atom. The Bertz CT molecular complexity index is 1140. The molecule has 0 saturated heterocycles. The molecule has 4 rings (SSSR count). The van der Waals surface area contributed by atoms with Crippen LogP contribution in [0.25, 0.3) is 5.69 Å². The van der Waals surface area contributed by atoms with Gasteiger partial charge in [-0.1, -0.05) is 54.6 Å². The predicted octanol–water partition coefficient (Wildman–Crippen LogP) is 3.78. The highest BCUT2D eigenvalue weighted by atomic mass is 16.5. The summed E-state index contributed by atoms with van der Waals surface area (Å²) in [5, 5.41) is 11.3. The number of methoxy groups -OCH3 is 1. The van der Waals surface area contributed by atoms with Gasteiger partial charge in [0.05, 0.1) is 19.0 Å². The molecule has 156 valence electrons. The van der Waals surface area contributed by atoms with Crippen LogP contribution in [0.15, 0.2) is 85.1 Å². The Labute approximate surface area is 180 Å². The van der Waals surface area contributed by atoms with E-state index in [2.05, 4.69) is 15.5 Å². The van der Waals surface area contributed by atoms with Gasteiger partial charge in [-0.05, 0) is 35.4 Å². The van der Waals surface area contributed by atoms with E-state index in [0.717, 1.165) is 16.8 Å². The molecule has 0 fully saturated rings. The molecule has 0 atom stereocenters. The quantitative estimate of drug-likeness (QED) is 0.475. The van der Waals surface area contributed by atoms with Gasteiger partial charge < -0.3 is 14.8 Å². The molecule has 1 aromatic heterocycles. The van der Waals surface area contributed by atoms with Crippen molar-refractivity contribution in [1.82, 2.24) is 20.3 Å². The molecule has 1 amide bonds. The summed E-state index contributed by atoms with van der Waals surface area (Å²) in [6, 6.07) is 24.9. The van der Waals surface area contributed by atoms with E-state index in [-0.39, 0.29) is 11.6 Å². The van der Waals surface area contributed by atoms with E-state index < -0.39 is 0 Å². The van der Waals surface area contributed by atoms with Gasteiger partial charge in [-0.25, -0.2) is 0 Å². The maximum absolute atomic E-state index is 12.5. The number of ether oxygens (including phenoxy) is 2. The van der Waals surface area contributed by atoms with Crippen LogP contribution in [0.3, 0.4) is 0 Å². The summed E-state index contributed by atoms with van der Waals surface area (Å²) in [6.45, 7) is 0.775. The lowest BCUT2D eigenvalue weighted by Gasteiger charge is -2.12. The molecule has 0 saturated carbocycles. The second-order valence-electron chi connectivity index (χ2n) is 6.80. The van der Waals surface area contributed by atoms with Crippen molar-refractivity contribution >= 4 is 5.91 Å². The monoisotopic (exact) mass is 414 g/mol. The number of para-hydroxylation sites is 1. The van der Waals surface area contributed by atoms with Crippen molar-refractivity contribution in [3.05, 3.63) is 102 Å². The maximum atomic E-state index is 12.5. The fraction of sp³-hybridized carbons (Fsp3) is 0.125. The number of carbonyl (C=O) groups excluding carboxylic acids is 1. The highest BCUT2D eigenvalue weighted by molar-refractivity contribution is 5.91. The SMILES string of the molecule is COc1cc(CNC(=O)c2cnn(-c3ccccc3)n2)ccc1OCc1ccccc1. The molecule has 0 aliphatic heterocycles. The summed E-state index contributed by atoms with van der Waals surface area (Å²) in [6.07, 6.45) is 1.45. The van der Waals surface area contributed by atoms with Crippen LogP contribution in [-0.2, 0) is 13.2 Å². The second-order valence-corrected chi connectivity index (χ2v) is 6.80. The van der Waals surface area contributed by atoms with Gasteiger partial charge in [-0.3, -0.25) is 4.79 Å². The van der Waals surface area contributed by atoms with E-state index >= 15 is 0 Å². The predicted molar refractivity (Wildman–Crippen MR) is 116 cm³/mol. The van der Waals surface area contributed by atoms with Crippen molar-refractivity contribution in [1.29, 1.82) is 0 Å². The van der Waals surface area contributed by atoms with Crippen LogP contribution in [0.5, 0.6) is 11.5 Å². The van der Waals surface area contributed by atoms with Crippen molar-refractivity contribution < 1.29 is 14.3 Å². The van der Waals surface area contributed by atoms with E-state index in [1.165, 1.54) is 11.0 Å². The number of carbonyl (C=O) groups is 1. The summed E-state index contributed by atoms with van der Waals surface area (Å²) in [5.74, 6) is 0.954. The molecule has 0 radical (unpaired) electrons. The molecule has 0 aliphatic carbocycles. The Morgan fingerprint density at radius 2 is 1.68 bits per heavy atom. The zero-order valence-electron chi connectivity index (χ0n) is 17.1. The smallest absolute Gasteiger partial charge is 0.273 e. The minimum Gasteiger partial charge on any atom is -0.493 e. The molecule has 7 heteroatoms. The minimum absolute atomic E-state index is 0.249. The highest BCUT2D eigenvalue weighted by Gasteiger charge is 2.12. The molecule has 1 N–H and O–H groups in total. The van der Waals surface area contributed by atoms with Crippen LogP contribution in [0, 0.1) is 0 Å². The topological polar surface area (TPSA) is 78.3 Å². The number of amides is 1. The average Bonchev–Trinajstić information content (AvgIpc) is 3.33. The molecule has 7 nitrogen and oxygen atoms in total. The van der Waals surface area contributed by atoms with E-state index in [1.54, 1.807) is 7.11 Å². The van der Waals surface area contributed by atoms with E-state index in [0.29, 0.717) is 24.7 Å². The molecule has 0 bridgehead atoms. The number of hydrogen-bond acceptors (Lipinski definition) is 5. The van der Waals surface area contributed by atoms with Crippen LogP contribution in [-0.4, -0.2) is 28.0 Å². The largest absolute Gasteiger partial charge is 0.493 e. The molecule has 0 spiro atoms. The van der Waals surface area contributed by atoms with Gasteiger partial charge in [0.2, 0.25) is 0 Å². The summed E-state index contributed by atoms with van der Waals surface area (Å²) in [4.78, 5) is 13.9. The van der Waals surface area contributed by atoms with E-state index in [1.807, 2.05) is 78.9 Å². The fourth-order valence-electron chi connectivity index (χ4n) is 3.00. The molecule has 4 aromatic rings. The Balaban J connectivity index is 1.37. The highest BCUT2D eigenvalue weighted by Crippen LogP contribution is 2.28. The van der Waals surface area contributed by atoms with Gasteiger partial charge >= 0.3 is 0 Å². The number of nitrogens with one attached hydrogen (secondary N) is 1. The van der Waals surface area contributed by atoms with Crippen molar-refractivity contribution in [2.75, 3.05) is 7.11 Å². The van der Waals surface area contributed by atoms with Gasteiger partial charge in [0.25, 0.3) is 5.91 Å². The van der Waals surface area contributed by atoms with Crippen molar-refractivity contribution in [3.8, 4) is 17.2 Å². The van der Waals surface area contributed by atoms with E-state index in [4.69, 9.17) is 9.47 Å². The molecular formula is C24H22N4O3. The summed E-state index contributed by atoms with van der Waals surface area (Å²) < 4.78 is 11.3. The van der Waals surface area contributed by atoms with Gasteiger partial charge in [-0.15, -0.1) is 5.10 Å². The first kappa shape index (κ1) is 20.2. The first-order chi connectivity index (χ1) is 15.2. The van der Waals surface area contributed by atoms with Crippen LogP contribution < -0.4 is 14.8 Å². The number of hydrogen-bond donors (Lipinski definition) is 1. The molecule has 31 heavy (non-hydrogen) atoms. The van der Waals surface area contributed by atoms with Crippen molar-refractivity contribution in [2.24, 2.45) is 0 Å². The lowest BCUT2D eigenvalue weighted by molar-refractivity contribution is 0.0945. The van der Waals surface area contributed by atoms with Gasteiger partial charge in [0.15, 0.2) is 17.2 Å². The molecule has 3 aromatic carbocycles. The molecular weight excluding hydrogens is 392 g/mol. The number of benzene rings is 3. The molecule has 1 heterocycles. The third kappa shape index (κ3) is 5.08. The lowest BCUT2D eigenvalue weighted by Crippen LogP contribution is -2.23. The van der Waals surface area contributed by atoms with Gasteiger partial charge in [0.1, 0.15) is 6.61 Å². The first-order valence-corrected chi connectivity index (χ1v) is 9.82. The molecule has 0 unspecified atom stereocenters. The fourth-order valence-corrected chi connectivity index (χ4v) is 3.00. The number of aromatic nitrogens is 3. The minimum atomic E-state index is -0.300. The zero-order chi connectivity index (χ0) is 21.5. The maximum Gasteiger partial charge on any atom is 0.273 e. The van der Waals surface area contributed by atoms with Crippen LogP contribution in [0.1, 0.15) is 21.6 Å². The third-order valence-electron chi connectivity index (χ3n) is 4.63. The number of rotatable bonds is 8. The third-order valence-corrected chi connectivity index (χ3v) is 4.63. The Hall–Kier alpha value is -4.13. The standard InChI is InChI=1S/C24H22N4O3/c1-30-23-14-19(12-13-22(23)31-17-18-8-4-2-5-9-18)15-25-24(29)21-16-26-28(27-21)20-10-6-3-7-11-20/h2-14,16H,15,17H2,1H3,(H,25,29). The van der Waals surface area contributed by atoms with Crippen molar-refractivity contribution in [3.63, 3.8) is 0 Å². The molecule has 0 aliphatic rings. The average molecular weight is 414 g/mol. The summed E-state index contributed by atoms with van der Waals surface area (Å²) in [7, 11) is 1.59. The van der Waals surface area contributed by atoms with Gasteiger partial charge in [-0.2, -0.15) is 9.90 Å². The Morgan fingerprint density at radius 3 is 2.42 bits per heavy atom. The van der Waals surface area contributed by atoms with Gasteiger partial charge in [0, 0.05) is 6.54 Å². The normalized spacial score (nSPS) is 10.5. The van der Waals surface area contributed by atoms with Crippen LogP contribution in [0.2, 0.25) is 0 Å². The van der Waals surface area contributed by atoms with Crippen molar-refractivity contribution in [2.45, 2.75) is 13.2 Å². The zero-order valence-corrected chi connectivity index (χ0v) is 17.1. The van der Waals surface area contributed by atoms with E-state index in [9.17, 15) is 4.79 Å². The second kappa shape index (κ2) is 9.58. The Kier molecular flexibility index (Phi) is 6.23. The summed E-state index contributed by atoms with van der Waals surface area (Å²) >= 11 is 0. The first-order valence-electron chi connectivity index (χ1n) is 9.82. The van der Waals surface area contributed by atoms with Crippen LogP contribution >= 0.6 is 0 Å². The lowest BCUT2D eigenvalue weighted by atomic mass is 10.2.